The maximum absolute atomic E-state index is 6.26. The standard InChI is InChI=1S/C60H36N2OS/c1-4-13-54-46(8-1)50-11-7-12-51-52-34-40(23-32-55(52)62(54)60(50)51)37-16-25-43(26-17-37)61(44-27-18-38(19-28-44)41-24-33-59-53(35-41)49-10-3-6-15-58(49)64-59)45-29-20-39(21-30-45)42-22-31-48-47-9-2-5-14-56(47)63-57(48)36-42/h1-36H. The molecule has 4 heterocycles. The summed E-state index contributed by atoms with van der Waals surface area (Å²) in [6, 6.07) is 79.7. The van der Waals surface area contributed by atoms with Gasteiger partial charge in [0.2, 0.25) is 0 Å². The van der Waals surface area contributed by atoms with Crippen LogP contribution < -0.4 is 4.90 Å². The van der Waals surface area contributed by atoms with E-state index >= 15 is 0 Å². The maximum atomic E-state index is 6.26. The molecular weight excluding hydrogens is 797 g/mol. The molecule has 0 fully saturated rings. The topological polar surface area (TPSA) is 20.8 Å². The second-order valence-electron chi connectivity index (χ2n) is 16.9. The Balaban J connectivity index is 0.846. The van der Waals surface area contributed by atoms with Crippen LogP contribution in [0.2, 0.25) is 0 Å². The summed E-state index contributed by atoms with van der Waals surface area (Å²) in [6.07, 6.45) is 0. The van der Waals surface area contributed by atoms with Crippen molar-refractivity contribution in [3.63, 3.8) is 0 Å². The first-order valence-corrected chi connectivity index (χ1v) is 22.6. The van der Waals surface area contributed by atoms with Crippen LogP contribution in [-0.2, 0) is 0 Å². The molecule has 14 aromatic rings. The Morgan fingerprint density at radius 2 is 0.797 bits per heavy atom. The van der Waals surface area contributed by atoms with Crippen LogP contribution in [0.4, 0.5) is 17.1 Å². The number of anilines is 3. The van der Waals surface area contributed by atoms with Gasteiger partial charge in [-0.15, -0.1) is 11.3 Å². The molecular formula is C60H36N2OS. The van der Waals surface area contributed by atoms with E-state index < -0.39 is 0 Å². The second-order valence-corrected chi connectivity index (χ2v) is 18.0. The van der Waals surface area contributed by atoms with Crippen LogP contribution in [0, 0.1) is 0 Å². The number of thiophene rings is 1. The summed E-state index contributed by atoms with van der Waals surface area (Å²) < 4.78 is 11.3. The highest BCUT2D eigenvalue weighted by Crippen LogP contribution is 2.43. The third kappa shape index (κ3) is 5.33. The van der Waals surface area contributed by atoms with Crippen LogP contribution >= 0.6 is 11.3 Å². The lowest BCUT2D eigenvalue weighted by Crippen LogP contribution is -2.09. The zero-order valence-corrected chi connectivity index (χ0v) is 35.3. The number of para-hydroxylation sites is 3. The van der Waals surface area contributed by atoms with E-state index in [9.17, 15) is 0 Å². The van der Waals surface area contributed by atoms with Crippen molar-refractivity contribution in [2.24, 2.45) is 0 Å². The van der Waals surface area contributed by atoms with E-state index in [4.69, 9.17) is 4.42 Å². The normalized spacial score (nSPS) is 12.1. The molecule has 4 heteroatoms. The van der Waals surface area contributed by atoms with Gasteiger partial charge in [-0.05, 0) is 124 Å². The maximum Gasteiger partial charge on any atom is 0.136 e. The third-order valence-electron chi connectivity index (χ3n) is 13.4. The molecule has 0 N–H and O–H groups in total. The van der Waals surface area contributed by atoms with Crippen molar-refractivity contribution in [3.8, 4) is 33.4 Å². The molecule has 0 spiro atoms. The van der Waals surface area contributed by atoms with E-state index in [1.165, 1.54) is 80.5 Å². The van der Waals surface area contributed by atoms with Gasteiger partial charge in [-0.2, -0.15) is 0 Å². The number of hydrogen-bond acceptors (Lipinski definition) is 3. The van der Waals surface area contributed by atoms with Crippen molar-refractivity contribution in [1.29, 1.82) is 0 Å². The average Bonchev–Trinajstić information content (AvgIpc) is 4.11. The molecule has 64 heavy (non-hydrogen) atoms. The molecule has 0 aliphatic heterocycles. The number of furan rings is 1. The van der Waals surface area contributed by atoms with Crippen molar-refractivity contribution in [2.75, 3.05) is 4.90 Å². The zero-order valence-electron chi connectivity index (χ0n) is 34.5. The van der Waals surface area contributed by atoms with Gasteiger partial charge in [-0.25, -0.2) is 0 Å². The van der Waals surface area contributed by atoms with Gasteiger partial charge in [-0.3, -0.25) is 0 Å². The van der Waals surface area contributed by atoms with Crippen molar-refractivity contribution < 1.29 is 4.42 Å². The largest absolute Gasteiger partial charge is 0.456 e. The van der Waals surface area contributed by atoms with Gasteiger partial charge < -0.3 is 13.7 Å². The highest BCUT2D eigenvalue weighted by Gasteiger charge is 2.19. The molecule has 4 aromatic heterocycles. The lowest BCUT2D eigenvalue weighted by Gasteiger charge is -2.26. The summed E-state index contributed by atoms with van der Waals surface area (Å²) in [6.45, 7) is 0. The summed E-state index contributed by atoms with van der Waals surface area (Å²) in [4.78, 5) is 2.36. The zero-order chi connectivity index (χ0) is 41.9. The van der Waals surface area contributed by atoms with Gasteiger partial charge in [0.1, 0.15) is 11.2 Å². The lowest BCUT2D eigenvalue weighted by molar-refractivity contribution is 0.669. The minimum Gasteiger partial charge on any atom is -0.456 e. The molecule has 0 amide bonds. The number of fused-ring (bicyclic) bond motifs is 12. The molecule has 0 radical (unpaired) electrons. The Labute approximate surface area is 372 Å². The minimum absolute atomic E-state index is 0.902. The summed E-state index contributed by atoms with van der Waals surface area (Å²) in [5.74, 6) is 0. The van der Waals surface area contributed by atoms with Gasteiger partial charge >= 0.3 is 0 Å². The van der Waals surface area contributed by atoms with E-state index in [0.29, 0.717) is 0 Å². The van der Waals surface area contributed by atoms with E-state index in [-0.39, 0.29) is 0 Å². The molecule has 0 bridgehead atoms. The molecule has 298 valence electrons. The third-order valence-corrected chi connectivity index (χ3v) is 14.5. The highest BCUT2D eigenvalue weighted by molar-refractivity contribution is 7.25. The predicted molar refractivity (Wildman–Crippen MR) is 272 cm³/mol. The van der Waals surface area contributed by atoms with E-state index in [2.05, 4.69) is 216 Å². The predicted octanol–water partition coefficient (Wildman–Crippen LogP) is 17.6. The first-order valence-electron chi connectivity index (χ1n) is 21.8. The van der Waals surface area contributed by atoms with Gasteiger partial charge in [0, 0.05) is 69.6 Å². The molecule has 0 aliphatic rings. The molecule has 0 saturated carbocycles. The van der Waals surface area contributed by atoms with Crippen LogP contribution in [0.15, 0.2) is 223 Å². The molecule has 0 saturated heterocycles. The van der Waals surface area contributed by atoms with E-state index in [0.717, 1.165) is 50.1 Å². The van der Waals surface area contributed by atoms with Crippen molar-refractivity contribution >= 4 is 109 Å². The highest BCUT2D eigenvalue weighted by atomic mass is 32.1. The number of hydrogen-bond donors (Lipinski definition) is 0. The Morgan fingerprint density at radius 1 is 0.312 bits per heavy atom. The van der Waals surface area contributed by atoms with Crippen LogP contribution in [0.25, 0.3) is 114 Å². The van der Waals surface area contributed by atoms with Gasteiger partial charge in [0.05, 0.1) is 16.6 Å². The fourth-order valence-electron chi connectivity index (χ4n) is 10.3. The first-order chi connectivity index (χ1) is 31.7. The second kappa shape index (κ2) is 13.7. The monoisotopic (exact) mass is 832 g/mol. The quantitative estimate of drug-likeness (QED) is 0.166. The van der Waals surface area contributed by atoms with Crippen molar-refractivity contribution in [2.45, 2.75) is 0 Å². The van der Waals surface area contributed by atoms with Crippen molar-refractivity contribution in [3.05, 3.63) is 218 Å². The Morgan fingerprint density at radius 3 is 1.52 bits per heavy atom. The Bertz CT molecular complexity index is 4120. The number of aromatic nitrogens is 1. The lowest BCUT2D eigenvalue weighted by atomic mass is 10.0. The number of benzene rings is 10. The first kappa shape index (κ1) is 35.4. The van der Waals surface area contributed by atoms with Crippen molar-refractivity contribution in [1.82, 2.24) is 4.40 Å². The number of rotatable bonds is 6. The van der Waals surface area contributed by atoms with Crippen LogP contribution in [0.1, 0.15) is 0 Å². The smallest absolute Gasteiger partial charge is 0.136 e. The molecule has 10 aromatic carbocycles. The molecule has 0 aliphatic carbocycles. The van der Waals surface area contributed by atoms with Crippen LogP contribution in [-0.4, -0.2) is 4.40 Å². The Hall–Kier alpha value is -8.18. The average molecular weight is 833 g/mol. The van der Waals surface area contributed by atoms with Gasteiger partial charge in [0.15, 0.2) is 0 Å². The van der Waals surface area contributed by atoms with Crippen LogP contribution in [0.5, 0.6) is 0 Å². The van der Waals surface area contributed by atoms with E-state index in [1.54, 1.807) is 0 Å². The van der Waals surface area contributed by atoms with Gasteiger partial charge in [0.25, 0.3) is 0 Å². The summed E-state index contributed by atoms with van der Waals surface area (Å²) in [5, 5.41) is 10.1. The number of nitrogens with zero attached hydrogens (tertiary/aromatic N) is 2. The summed E-state index contributed by atoms with van der Waals surface area (Å²) in [7, 11) is 0. The molecule has 0 unspecified atom stereocenters. The van der Waals surface area contributed by atoms with E-state index in [1.807, 2.05) is 23.5 Å². The molecule has 3 nitrogen and oxygen atoms in total. The Kier molecular flexibility index (Phi) is 7.56. The SMILES string of the molecule is c1ccc2c(c1)oc1cc(-c3ccc(N(c4ccc(-c5ccc6sc7ccccc7c6c5)cc4)c4ccc(-c5ccc6c(c5)c5cccc7c8ccccc8n6c75)cc4)cc3)ccc12. The van der Waals surface area contributed by atoms with Gasteiger partial charge in [-0.1, -0.05) is 127 Å². The summed E-state index contributed by atoms with van der Waals surface area (Å²) in [5.41, 5.74) is 15.9. The molecule has 0 atom stereocenters. The fraction of sp³-hybridized carbons (Fsp3) is 0. The summed E-state index contributed by atoms with van der Waals surface area (Å²) >= 11 is 1.86. The molecule has 14 rings (SSSR count). The fourth-order valence-corrected chi connectivity index (χ4v) is 11.4. The minimum atomic E-state index is 0.902. The van der Waals surface area contributed by atoms with Crippen LogP contribution in [0.3, 0.4) is 0 Å².